The SMILES string of the molecule is COc1ccc(C2(C(=O)N3CCC[C@@H]3Cn3nc(-c4cccs4)ccc3=O)CC2)cc1. The van der Waals surface area contributed by atoms with E-state index in [1.807, 2.05) is 46.7 Å². The molecule has 0 unspecified atom stereocenters. The van der Waals surface area contributed by atoms with E-state index in [2.05, 4.69) is 5.10 Å². The number of carbonyl (C=O) groups is 1. The minimum Gasteiger partial charge on any atom is -0.497 e. The van der Waals surface area contributed by atoms with Gasteiger partial charge in [0.2, 0.25) is 5.91 Å². The van der Waals surface area contributed by atoms with Gasteiger partial charge in [-0.05, 0) is 60.9 Å². The summed E-state index contributed by atoms with van der Waals surface area (Å²) in [6.07, 6.45) is 3.58. The van der Waals surface area contributed by atoms with Gasteiger partial charge in [-0.1, -0.05) is 18.2 Å². The molecule has 160 valence electrons. The van der Waals surface area contributed by atoms with Crippen molar-refractivity contribution in [3.8, 4) is 16.3 Å². The Balaban J connectivity index is 1.37. The number of benzene rings is 1. The average molecular weight is 436 g/mol. The molecule has 6 nitrogen and oxygen atoms in total. The van der Waals surface area contributed by atoms with Crippen LogP contribution in [-0.4, -0.2) is 40.3 Å². The number of methoxy groups -OCH3 is 1. The molecule has 2 aromatic heterocycles. The van der Waals surface area contributed by atoms with Crippen molar-refractivity contribution >= 4 is 17.2 Å². The normalized spacial score (nSPS) is 19.4. The number of amides is 1. The van der Waals surface area contributed by atoms with E-state index in [4.69, 9.17) is 4.74 Å². The van der Waals surface area contributed by atoms with E-state index >= 15 is 0 Å². The van der Waals surface area contributed by atoms with Crippen molar-refractivity contribution < 1.29 is 9.53 Å². The highest BCUT2D eigenvalue weighted by atomic mass is 32.1. The number of likely N-dealkylation sites (tertiary alicyclic amines) is 1. The molecular weight excluding hydrogens is 410 g/mol. The second-order valence-electron chi connectivity index (χ2n) is 8.32. The van der Waals surface area contributed by atoms with Gasteiger partial charge in [-0.25, -0.2) is 4.68 Å². The molecule has 1 saturated heterocycles. The van der Waals surface area contributed by atoms with Gasteiger partial charge < -0.3 is 9.64 Å². The number of thiophene rings is 1. The van der Waals surface area contributed by atoms with Crippen molar-refractivity contribution in [2.45, 2.75) is 43.7 Å². The lowest BCUT2D eigenvalue weighted by Crippen LogP contribution is -2.45. The molecule has 31 heavy (non-hydrogen) atoms. The van der Waals surface area contributed by atoms with Crippen LogP contribution in [0, 0.1) is 0 Å². The second-order valence-corrected chi connectivity index (χ2v) is 9.27. The number of ether oxygens (including phenoxy) is 1. The van der Waals surface area contributed by atoms with E-state index in [1.165, 1.54) is 4.68 Å². The Hall–Kier alpha value is -2.93. The summed E-state index contributed by atoms with van der Waals surface area (Å²) >= 11 is 1.60. The average Bonchev–Trinajstić information content (AvgIpc) is 3.19. The molecule has 2 aliphatic rings. The number of hydrogen-bond donors (Lipinski definition) is 0. The van der Waals surface area contributed by atoms with Gasteiger partial charge in [0, 0.05) is 12.6 Å². The first-order chi connectivity index (χ1) is 15.1. The Morgan fingerprint density at radius 2 is 2.00 bits per heavy atom. The van der Waals surface area contributed by atoms with Gasteiger partial charge in [-0.15, -0.1) is 11.3 Å². The zero-order valence-corrected chi connectivity index (χ0v) is 18.3. The van der Waals surface area contributed by atoms with Crippen molar-refractivity contribution in [1.29, 1.82) is 0 Å². The minimum absolute atomic E-state index is 0.00740. The van der Waals surface area contributed by atoms with Crippen LogP contribution < -0.4 is 10.3 Å². The topological polar surface area (TPSA) is 64.4 Å². The number of aromatic nitrogens is 2. The third-order valence-electron chi connectivity index (χ3n) is 6.46. The van der Waals surface area contributed by atoms with E-state index in [9.17, 15) is 9.59 Å². The summed E-state index contributed by atoms with van der Waals surface area (Å²) < 4.78 is 6.79. The summed E-state index contributed by atoms with van der Waals surface area (Å²) in [5, 5.41) is 6.59. The molecule has 1 atom stereocenters. The molecule has 0 radical (unpaired) electrons. The van der Waals surface area contributed by atoms with E-state index < -0.39 is 5.41 Å². The van der Waals surface area contributed by atoms with Crippen molar-refractivity contribution in [3.63, 3.8) is 0 Å². The van der Waals surface area contributed by atoms with Crippen LogP contribution in [0.3, 0.4) is 0 Å². The number of nitrogens with zero attached hydrogens (tertiary/aromatic N) is 3. The molecule has 7 heteroatoms. The quantitative estimate of drug-likeness (QED) is 0.592. The van der Waals surface area contributed by atoms with Gasteiger partial charge in [0.1, 0.15) is 11.4 Å². The Kier molecular flexibility index (Phi) is 5.14. The molecule has 1 saturated carbocycles. The molecule has 0 N–H and O–H groups in total. The van der Waals surface area contributed by atoms with E-state index in [0.29, 0.717) is 6.54 Å². The largest absolute Gasteiger partial charge is 0.497 e. The van der Waals surface area contributed by atoms with Crippen molar-refractivity contribution in [3.05, 3.63) is 69.8 Å². The maximum absolute atomic E-state index is 13.6. The molecule has 1 aliphatic heterocycles. The van der Waals surface area contributed by atoms with Gasteiger partial charge in [-0.2, -0.15) is 5.10 Å². The molecular formula is C24H25N3O3S. The second kappa shape index (κ2) is 7.96. The third-order valence-corrected chi connectivity index (χ3v) is 7.36. The summed E-state index contributed by atoms with van der Waals surface area (Å²) in [5.41, 5.74) is 1.30. The van der Waals surface area contributed by atoms with Gasteiger partial charge >= 0.3 is 0 Å². The summed E-state index contributed by atoms with van der Waals surface area (Å²) in [6.45, 7) is 1.17. The minimum atomic E-state index is -0.425. The monoisotopic (exact) mass is 435 g/mol. The molecule has 3 aromatic rings. The van der Waals surface area contributed by atoms with Crippen LogP contribution in [0.2, 0.25) is 0 Å². The molecule has 0 spiro atoms. The highest BCUT2D eigenvalue weighted by Crippen LogP contribution is 2.50. The van der Waals surface area contributed by atoms with Gasteiger partial charge in [-0.3, -0.25) is 9.59 Å². The smallest absolute Gasteiger partial charge is 0.266 e. The molecule has 1 aromatic carbocycles. The first-order valence-corrected chi connectivity index (χ1v) is 11.6. The summed E-state index contributed by atoms with van der Waals surface area (Å²) in [6, 6.07) is 15.2. The van der Waals surface area contributed by atoms with Gasteiger partial charge in [0.05, 0.1) is 30.0 Å². The van der Waals surface area contributed by atoms with Crippen LogP contribution in [0.25, 0.3) is 10.6 Å². The number of rotatable bonds is 6. The number of hydrogen-bond acceptors (Lipinski definition) is 5. The zero-order chi connectivity index (χ0) is 21.4. The fourth-order valence-electron chi connectivity index (χ4n) is 4.56. The van der Waals surface area contributed by atoms with Crippen molar-refractivity contribution in [2.24, 2.45) is 0 Å². The maximum Gasteiger partial charge on any atom is 0.266 e. The summed E-state index contributed by atoms with van der Waals surface area (Å²) in [7, 11) is 1.64. The predicted molar refractivity (Wildman–Crippen MR) is 120 cm³/mol. The Morgan fingerprint density at radius 3 is 2.68 bits per heavy atom. The Morgan fingerprint density at radius 1 is 1.19 bits per heavy atom. The molecule has 2 fully saturated rings. The van der Waals surface area contributed by atoms with Crippen LogP contribution in [-0.2, 0) is 16.8 Å². The van der Waals surface area contributed by atoms with Crippen LogP contribution in [0.15, 0.2) is 58.7 Å². The van der Waals surface area contributed by atoms with E-state index in [-0.39, 0.29) is 17.5 Å². The fourth-order valence-corrected chi connectivity index (χ4v) is 5.25. The molecule has 3 heterocycles. The van der Waals surface area contributed by atoms with E-state index in [1.54, 1.807) is 30.6 Å². The van der Waals surface area contributed by atoms with Crippen LogP contribution in [0.4, 0.5) is 0 Å². The Bertz CT molecular complexity index is 1130. The highest BCUT2D eigenvalue weighted by Gasteiger charge is 2.54. The van der Waals surface area contributed by atoms with Crippen molar-refractivity contribution in [2.75, 3.05) is 13.7 Å². The molecule has 0 bridgehead atoms. The summed E-state index contributed by atoms with van der Waals surface area (Å²) in [4.78, 5) is 29.1. The standard InChI is InChI=1S/C24H25N3O3S/c1-30-19-8-6-17(7-9-19)24(12-13-24)23(29)26-14-2-4-18(26)16-27-22(28)11-10-20(25-27)21-5-3-15-31-21/h3,5-11,15,18H,2,4,12-14,16H2,1H3/t18-/m1/s1. The lowest BCUT2D eigenvalue weighted by Gasteiger charge is -2.29. The fraction of sp³-hybridized carbons (Fsp3) is 0.375. The van der Waals surface area contributed by atoms with Crippen LogP contribution in [0.1, 0.15) is 31.2 Å². The lowest BCUT2D eigenvalue weighted by atomic mass is 9.94. The summed E-state index contributed by atoms with van der Waals surface area (Å²) in [5.74, 6) is 0.977. The van der Waals surface area contributed by atoms with Gasteiger partial charge in [0.25, 0.3) is 5.56 Å². The molecule has 5 rings (SSSR count). The van der Waals surface area contributed by atoms with E-state index in [0.717, 1.165) is 54.1 Å². The lowest BCUT2D eigenvalue weighted by molar-refractivity contribution is -0.135. The Labute approximate surface area is 185 Å². The van der Waals surface area contributed by atoms with Crippen LogP contribution in [0.5, 0.6) is 5.75 Å². The zero-order valence-electron chi connectivity index (χ0n) is 17.5. The van der Waals surface area contributed by atoms with Crippen molar-refractivity contribution in [1.82, 2.24) is 14.7 Å². The predicted octanol–water partition coefficient (Wildman–Crippen LogP) is 3.70. The molecule has 1 aliphatic carbocycles. The first-order valence-electron chi connectivity index (χ1n) is 10.7. The molecule has 1 amide bonds. The third kappa shape index (κ3) is 3.67. The first kappa shape index (κ1) is 20.0. The van der Waals surface area contributed by atoms with Crippen LogP contribution >= 0.6 is 11.3 Å². The maximum atomic E-state index is 13.6. The van der Waals surface area contributed by atoms with Gasteiger partial charge in [0.15, 0.2) is 0 Å². The highest BCUT2D eigenvalue weighted by molar-refractivity contribution is 7.13. The number of carbonyl (C=O) groups excluding carboxylic acids is 1.